The van der Waals surface area contributed by atoms with Gasteiger partial charge in [-0.2, -0.15) is 0 Å². The second-order valence-corrected chi connectivity index (χ2v) is 30.0. The Labute approximate surface area is 584 Å². The van der Waals surface area contributed by atoms with Crippen molar-refractivity contribution < 1.29 is 64.6 Å². The van der Waals surface area contributed by atoms with Crippen LogP contribution >= 0.6 is 0 Å². The van der Waals surface area contributed by atoms with Gasteiger partial charge in [-0.05, 0) is 12.8 Å². The number of hydrogen-bond acceptors (Lipinski definition) is 13. The largest absolute Gasteiger partial charge is 0.394 e. The van der Waals surface area contributed by atoms with Crippen LogP contribution in [-0.4, -0.2) is 140 Å². The molecule has 14 heteroatoms. The van der Waals surface area contributed by atoms with Crippen LogP contribution in [0.25, 0.3) is 0 Å². The topological polar surface area (TPSA) is 228 Å². The molecule has 0 bridgehead atoms. The first kappa shape index (κ1) is 90.1. The summed E-state index contributed by atoms with van der Waals surface area (Å²) in [5.74, 6) is -0.194. The van der Waals surface area contributed by atoms with Crippen LogP contribution in [0, 0.1) is 0 Å². The van der Waals surface area contributed by atoms with Crippen LogP contribution in [0.15, 0.2) is 0 Å². The minimum absolute atomic E-state index is 0.194. The summed E-state index contributed by atoms with van der Waals surface area (Å²) in [6.45, 7) is 2.95. The lowest BCUT2D eigenvalue weighted by atomic mass is 9.97. The number of carbonyl (C=O) groups is 1. The molecule has 9 N–H and O–H groups in total. The fourth-order valence-electron chi connectivity index (χ4n) is 14.5. The molecule has 0 aromatic rings. The zero-order chi connectivity index (χ0) is 68.7. The van der Waals surface area contributed by atoms with E-state index in [1.807, 2.05) is 0 Å². The minimum Gasteiger partial charge on any atom is -0.394 e. The number of aliphatic hydroxyl groups is 8. The normalized spacial score (nSPS) is 22.2. The Morgan fingerprint density at radius 1 is 0.337 bits per heavy atom. The van der Waals surface area contributed by atoms with Gasteiger partial charge < -0.3 is 65.1 Å². The summed E-state index contributed by atoms with van der Waals surface area (Å²) in [6, 6.07) is -0.826. The summed E-state index contributed by atoms with van der Waals surface area (Å²) in [7, 11) is 0. The molecular formula is C81H159NO13. The standard InChI is InChI=1S/C81H159NO13/c1-3-5-7-9-11-13-15-17-19-21-23-25-27-29-30-31-32-33-34-35-36-37-38-39-41-43-45-47-49-51-53-55-57-59-61-63-65-73(86)82-69(68-92-80-78(91)76(89)79(72(67-84)94-80)95-81-77(90)75(88)74(87)71(66-83)93-81)70(85)64-62-60-58-56-54-52-50-48-46-44-42-40-28-26-24-22-20-18-16-14-12-10-8-6-4-2/h69-72,74-81,83-85,87-91H,3-68H2,1-2H3,(H,82,86). The van der Waals surface area contributed by atoms with Crippen molar-refractivity contribution in [1.29, 1.82) is 0 Å². The maximum atomic E-state index is 13.4. The van der Waals surface area contributed by atoms with Crippen LogP contribution in [0.5, 0.6) is 0 Å². The lowest BCUT2D eigenvalue weighted by Gasteiger charge is -2.46. The monoisotopic (exact) mass is 1350 g/mol. The molecule has 0 aliphatic carbocycles. The molecule has 0 aromatic heterocycles. The molecule has 2 heterocycles. The highest BCUT2D eigenvalue weighted by atomic mass is 16.7. The van der Waals surface area contributed by atoms with E-state index < -0.39 is 86.8 Å². The van der Waals surface area contributed by atoms with E-state index in [1.54, 1.807) is 0 Å². The predicted molar refractivity (Wildman–Crippen MR) is 393 cm³/mol. The first-order valence-electron chi connectivity index (χ1n) is 41.8. The molecule has 2 fully saturated rings. The van der Waals surface area contributed by atoms with Crippen LogP contribution in [0.1, 0.15) is 418 Å². The lowest BCUT2D eigenvalue weighted by Crippen LogP contribution is -2.65. The van der Waals surface area contributed by atoms with Gasteiger partial charge in [-0.1, -0.05) is 399 Å². The fraction of sp³-hybridized carbons (Fsp3) is 0.988. The van der Waals surface area contributed by atoms with E-state index in [0.29, 0.717) is 12.8 Å². The molecule has 12 unspecified atom stereocenters. The number of carbonyl (C=O) groups excluding carboxylic acids is 1. The molecule has 0 aromatic carbocycles. The van der Waals surface area contributed by atoms with Crippen molar-refractivity contribution in [2.24, 2.45) is 0 Å². The van der Waals surface area contributed by atoms with Crippen molar-refractivity contribution >= 4 is 5.91 Å². The van der Waals surface area contributed by atoms with Crippen molar-refractivity contribution in [3.05, 3.63) is 0 Å². The van der Waals surface area contributed by atoms with Gasteiger partial charge in [0.05, 0.1) is 32.0 Å². The van der Waals surface area contributed by atoms with Crippen LogP contribution in [-0.2, 0) is 23.7 Å². The summed E-state index contributed by atoms with van der Waals surface area (Å²) in [5, 5.41) is 87.9. The number of aliphatic hydroxyl groups excluding tert-OH is 8. The van der Waals surface area contributed by atoms with Crippen molar-refractivity contribution in [1.82, 2.24) is 5.32 Å². The van der Waals surface area contributed by atoms with Crippen LogP contribution in [0.2, 0.25) is 0 Å². The molecule has 2 aliphatic heterocycles. The molecule has 1 amide bonds. The molecule has 566 valence electrons. The van der Waals surface area contributed by atoms with Crippen molar-refractivity contribution in [2.75, 3.05) is 19.8 Å². The highest BCUT2D eigenvalue weighted by Crippen LogP contribution is 2.31. The van der Waals surface area contributed by atoms with Gasteiger partial charge in [0.15, 0.2) is 12.6 Å². The molecule has 12 atom stereocenters. The third kappa shape index (κ3) is 49.3. The third-order valence-corrected chi connectivity index (χ3v) is 21.1. The van der Waals surface area contributed by atoms with Gasteiger partial charge in [-0.3, -0.25) is 4.79 Å². The quantitative estimate of drug-likeness (QED) is 0.0259. The molecular weight excluding hydrogens is 1190 g/mol. The second-order valence-electron chi connectivity index (χ2n) is 30.0. The smallest absolute Gasteiger partial charge is 0.220 e. The van der Waals surface area contributed by atoms with Crippen LogP contribution < -0.4 is 5.32 Å². The summed E-state index contributed by atoms with van der Waals surface area (Å²) in [6.07, 6.45) is 65.9. The van der Waals surface area contributed by atoms with Crippen molar-refractivity contribution in [3.8, 4) is 0 Å². The molecule has 0 saturated carbocycles. The Balaban J connectivity index is 1.57. The van der Waals surface area contributed by atoms with E-state index in [4.69, 9.17) is 18.9 Å². The Morgan fingerprint density at radius 2 is 0.600 bits per heavy atom. The van der Waals surface area contributed by atoms with Crippen LogP contribution in [0.3, 0.4) is 0 Å². The number of rotatable bonds is 72. The van der Waals surface area contributed by atoms with Crippen molar-refractivity contribution in [2.45, 2.75) is 492 Å². The number of nitrogens with one attached hydrogen (secondary N) is 1. The minimum atomic E-state index is -1.78. The maximum absolute atomic E-state index is 13.4. The summed E-state index contributed by atoms with van der Waals surface area (Å²) >= 11 is 0. The summed E-state index contributed by atoms with van der Waals surface area (Å²) < 4.78 is 23.0. The van der Waals surface area contributed by atoms with E-state index in [-0.39, 0.29) is 12.5 Å². The van der Waals surface area contributed by atoms with Crippen LogP contribution in [0.4, 0.5) is 0 Å². The number of unbranched alkanes of at least 4 members (excludes halogenated alkanes) is 59. The van der Waals surface area contributed by atoms with Gasteiger partial charge in [0.25, 0.3) is 0 Å². The van der Waals surface area contributed by atoms with E-state index in [0.717, 1.165) is 51.4 Å². The zero-order valence-corrected chi connectivity index (χ0v) is 62.2. The first-order chi connectivity index (χ1) is 46.6. The lowest BCUT2D eigenvalue weighted by molar-refractivity contribution is -0.359. The molecule has 14 nitrogen and oxygen atoms in total. The summed E-state index contributed by atoms with van der Waals surface area (Å²) in [5.41, 5.74) is 0. The Kier molecular flexibility index (Phi) is 62.8. The highest BCUT2D eigenvalue weighted by molar-refractivity contribution is 5.76. The van der Waals surface area contributed by atoms with Gasteiger partial charge >= 0.3 is 0 Å². The van der Waals surface area contributed by atoms with Gasteiger partial charge in [0.1, 0.15) is 48.8 Å². The third-order valence-electron chi connectivity index (χ3n) is 21.1. The average molecular weight is 1360 g/mol. The van der Waals surface area contributed by atoms with E-state index >= 15 is 0 Å². The van der Waals surface area contributed by atoms with E-state index in [2.05, 4.69) is 19.2 Å². The Hall–Kier alpha value is -1.01. The first-order valence-corrected chi connectivity index (χ1v) is 41.8. The zero-order valence-electron chi connectivity index (χ0n) is 62.2. The fourth-order valence-corrected chi connectivity index (χ4v) is 14.5. The Morgan fingerprint density at radius 3 is 0.895 bits per heavy atom. The predicted octanol–water partition coefficient (Wildman–Crippen LogP) is 19.1. The number of amides is 1. The Bertz CT molecular complexity index is 1600. The van der Waals surface area contributed by atoms with Crippen molar-refractivity contribution in [3.63, 3.8) is 0 Å². The molecule has 2 aliphatic rings. The molecule has 95 heavy (non-hydrogen) atoms. The van der Waals surface area contributed by atoms with E-state index in [1.165, 1.54) is 340 Å². The maximum Gasteiger partial charge on any atom is 0.220 e. The van der Waals surface area contributed by atoms with Gasteiger partial charge in [0, 0.05) is 6.42 Å². The van der Waals surface area contributed by atoms with Gasteiger partial charge in [-0.25, -0.2) is 0 Å². The highest BCUT2D eigenvalue weighted by Gasteiger charge is 2.51. The molecule has 0 spiro atoms. The second kappa shape index (κ2) is 66.2. The number of hydrogen-bond donors (Lipinski definition) is 9. The molecule has 2 rings (SSSR count). The number of ether oxygens (including phenoxy) is 4. The van der Waals surface area contributed by atoms with Gasteiger partial charge in [-0.15, -0.1) is 0 Å². The van der Waals surface area contributed by atoms with Gasteiger partial charge in [0.2, 0.25) is 5.91 Å². The van der Waals surface area contributed by atoms with E-state index in [9.17, 15) is 45.6 Å². The molecule has 0 radical (unpaired) electrons. The summed E-state index contributed by atoms with van der Waals surface area (Å²) in [4.78, 5) is 13.4. The molecule has 2 saturated heterocycles. The average Bonchev–Trinajstić information content (AvgIpc) is 0.807. The SMILES string of the molecule is CCCCCCCCCCCCCCCCCCCCCCCCCCCCCCCCCCCCCCC(=O)NC(COC1OC(CO)C(OC2OC(CO)C(O)C(O)C2O)C(O)C1O)C(O)CCCCCCCCCCCCCCCCCCCCCCCCCCC.